The van der Waals surface area contributed by atoms with Crippen LogP contribution >= 0.6 is 11.8 Å². The van der Waals surface area contributed by atoms with Crippen molar-refractivity contribution in [3.8, 4) is 0 Å². The van der Waals surface area contributed by atoms with Crippen molar-refractivity contribution in [2.45, 2.75) is 22.6 Å². The molecule has 1 amide bonds. The van der Waals surface area contributed by atoms with Crippen molar-refractivity contribution >= 4 is 23.6 Å². The summed E-state index contributed by atoms with van der Waals surface area (Å²) in [6.07, 6.45) is 0.713. The van der Waals surface area contributed by atoms with E-state index in [0.717, 1.165) is 4.90 Å². The molecule has 0 N–H and O–H groups in total. The molecule has 6 heteroatoms. The standard InChI is InChI=1S/C15H17NO4S/c1-19-15(18)11-9-20-7-6-16(11)14(17)13-8-10-4-2-3-5-12(10)21-13/h2-5,11,13H,6-9H2,1H3. The molecule has 2 atom stereocenters. The smallest absolute Gasteiger partial charge is 0.331 e. The van der Waals surface area contributed by atoms with Gasteiger partial charge < -0.3 is 14.4 Å². The Morgan fingerprint density at radius 2 is 2.19 bits per heavy atom. The Labute approximate surface area is 127 Å². The number of fused-ring (bicyclic) bond motifs is 1. The first-order valence-corrected chi connectivity index (χ1v) is 7.79. The van der Waals surface area contributed by atoms with Crippen molar-refractivity contribution in [3.63, 3.8) is 0 Å². The number of benzene rings is 1. The minimum Gasteiger partial charge on any atom is -0.467 e. The summed E-state index contributed by atoms with van der Waals surface area (Å²) >= 11 is 1.58. The van der Waals surface area contributed by atoms with Gasteiger partial charge in [-0.15, -0.1) is 11.8 Å². The highest BCUT2D eigenvalue weighted by Crippen LogP contribution is 2.38. The van der Waals surface area contributed by atoms with Gasteiger partial charge in [-0.1, -0.05) is 18.2 Å². The zero-order valence-corrected chi connectivity index (χ0v) is 12.6. The number of amides is 1. The van der Waals surface area contributed by atoms with Crippen molar-refractivity contribution in [1.82, 2.24) is 4.90 Å². The predicted molar refractivity (Wildman–Crippen MR) is 78.1 cm³/mol. The third kappa shape index (κ3) is 2.78. The van der Waals surface area contributed by atoms with Crippen LogP contribution in [0.1, 0.15) is 5.56 Å². The summed E-state index contributed by atoms with van der Waals surface area (Å²) in [6.45, 7) is 1.11. The van der Waals surface area contributed by atoms with Gasteiger partial charge in [-0.3, -0.25) is 4.79 Å². The summed E-state index contributed by atoms with van der Waals surface area (Å²) in [7, 11) is 1.33. The van der Waals surface area contributed by atoms with Gasteiger partial charge in [0.15, 0.2) is 6.04 Å². The second-order valence-corrected chi connectivity index (χ2v) is 6.31. The van der Waals surface area contributed by atoms with E-state index in [1.54, 1.807) is 16.7 Å². The first-order valence-electron chi connectivity index (χ1n) is 6.91. The molecule has 1 saturated heterocycles. The first kappa shape index (κ1) is 14.4. The lowest BCUT2D eigenvalue weighted by Gasteiger charge is -2.35. The molecule has 1 aromatic rings. The van der Waals surface area contributed by atoms with Crippen LogP contribution in [-0.4, -0.2) is 54.9 Å². The molecule has 2 heterocycles. The summed E-state index contributed by atoms with van der Waals surface area (Å²) in [5.74, 6) is -0.418. The Balaban J connectivity index is 1.74. The summed E-state index contributed by atoms with van der Waals surface area (Å²) in [5, 5.41) is -0.160. The van der Waals surface area contributed by atoms with E-state index in [1.165, 1.54) is 12.7 Å². The number of morpholine rings is 1. The van der Waals surface area contributed by atoms with Gasteiger partial charge in [-0.05, 0) is 18.1 Å². The fraction of sp³-hybridized carbons (Fsp3) is 0.467. The number of hydrogen-bond acceptors (Lipinski definition) is 5. The minimum absolute atomic E-state index is 0.00472. The Morgan fingerprint density at radius 1 is 1.38 bits per heavy atom. The zero-order valence-electron chi connectivity index (χ0n) is 11.8. The average Bonchev–Trinajstić information content (AvgIpc) is 2.97. The topological polar surface area (TPSA) is 55.8 Å². The minimum atomic E-state index is -0.624. The molecule has 112 valence electrons. The fourth-order valence-corrected chi connectivity index (χ4v) is 3.97. The monoisotopic (exact) mass is 307 g/mol. The molecule has 3 rings (SSSR count). The normalized spacial score (nSPS) is 24.5. The van der Waals surface area contributed by atoms with E-state index in [2.05, 4.69) is 0 Å². The molecule has 0 radical (unpaired) electrons. The Hall–Kier alpha value is -1.53. The van der Waals surface area contributed by atoms with Crippen molar-refractivity contribution in [2.24, 2.45) is 0 Å². The van der Waals surface area contributed by atoms with Gasteiger partial charge in [0, 0.05) is 11.4 Å². The van der Waals surface area contributed by atoms with Crippen LogP contribution in [0.2, 0.25) is 0 Å². The Morgan fingerprint density at radius 3 is 2.95 bits per heavy atom. The van der Waals surface area contributed by atoms with E-state index < -0.39 is 12.0 Å². The summed E-state index contributed by atoms with van der Waals surface area (Å²) in [5.41, 5.74) is 1.20. The lowest BCUT2D eigenvalue weighted by atomic mass is 10.1. The molecule has 21 heavy (non-hydrogen) atoms. The van der Waals surface area contributed by atoms with Crippen molar-refractivity contribution in [2.75, 3.05) is 26.9 Å². The molecule has 1 fully saturated rings. The van der Waals surface area contributed by atoms with Gasteiger partial charge in [0.2, 0.25) is 5.91 Å². The first-order chi connectivity index (χ1) is 10.2. The number of hydrogen-bond donors (Lipinski definition) is 0. The van der Waals surface area contributed by atoms with E-state index in [1.807, 2.05) is 24.3 Å². The van der Waals surface area contributed by atoms with Crippen LogP contribution in [0, 0.1) is 0 Å². The van der Waals surface area contributed by atoms with Crippen molar-refractivity contribution in [1.29, 1.82) is 0 Å². The molecule has 2 aliphatic heterocycles. The summed E-state index contributed by atoms with van der Waals surface area (Å²) in [4.78, 5) is 27.3. The average molecular weight is 307 g/mol. The Bertz CT molecular complexity index is 537. The van der Waals surface area contributed by atoms with Gasteiger partial charge in [0.1, 0.15) is 0 Å². The van der Waals surface area contributed by atoms with Gasteiger partial charge in [-0.2, -0.15) is 0 Å². The number of esters is 1. The fourth-order valence-electron chi connectivity index (χ4n) is 2.70. The largest absolute Gasteiger partial charge is 0.467 e. The predicted octanol–water partition coefficient (Wildman–Crippen LogP) is 1.10. The number of carbonyl (C=O) groups is 2. The molecule has 5 nitrogen and oxygen atoms in total. The summed E-state index contributed by atoms with van der Waals surface area (Å²) in [6, 6.07) is 7.42. The van der Waals surface area contributed by atoms with Gasteiger partial charge in [-0.25, -0.2) is 4.79 Å². The number of nitrogens with zero attached hydrogens (tertiary/aromatic N) is 1. The van der Waals surface area contributed by atoms with E-state index in [-0.39, 0.29) is 17.8 Å². The molecular formula is C15H17NO4S. The number of rotatable bonds is 2. The number of thioether (sulfide) groups is 1. The lowest BCUT2D eigenvalue weighted by molar-refractivity contribution is -0.160. The van der Waals surface area contributed by atoms with E-state index >= 15 is 0 Å². The van der Waals surface area contributed by atoms with Crippen molar-refractivity contribution in [3.05, 3.63) is 29.8 Å². The van der Waals surface area contributed by atoms with Gasteiger partial charge in [0.25, 0.3) is 0 Å². The number of ether oxygens (including phenoxy) is 2. The lowest BCUT2D eigenvalue weighted by Crippen LogP contribution is -2.55. The van der Waals surface area contributed by atoms with Crippen LogP contribution in [0.5, 0.6) is 0 Å². The third-order valence-corrected chi connectivity index (χ3v) is 5.11. The van der Waals surface area contributed by atoms with Gasteiger partial charge >= 0.3 is 5.97 Å². The van der Waals surface area contributed by atoms with Crippen LogP contribution in [0.3, 0.4) is 0 Å². The highest BCUT2D eigenvalue weighted by Gasteiger charge is 2.39. The number of methoxy groups -OCH3 is 1. The van der Waals surface area contributed by atoms with Crippen molar-refractivity contribution < 1.29 is 19.1 Å². The molecule has 2 unspecified atom stereocenters. The molecule has 0 aliphatic carbocycles. The second-order valence-electron chi connectivity index (χ2n) is 5.06. The van der Waals surface area contributed by atoms with Crippen LogP contribution in [0.25, 0.3) is 0 Å². The van der Waals surface area contributed by atoms with E-state index in [0.29, 0.717) is 19.6 Å². The summed E-state index contributed by atoms with van der Waals surface area (Å²) < 4.78 is 10.1. The van der Waals surface area contributed by atoms with Gasteiger partial charge in [0.05, 0.1) is 25.6 Å². The molecule has 0 aromatic heterocycles. The number of carbonyl (C=O) groups excluding carboxylic acids is 2. The maximum Gasteiger partial charge on any atom is 0.331 e. The van der Waals surface area contributed by atoms with E-state index in [4.69, 9.17) is 9.47 Å². The molecule has 2 aliphatic rings. The third-order valence-electron chi connectivity index (χ3n) is 3.81. The second kappa shape index (κ2) is 6.07. The van der Waals surface area contributed by atoms with E-state index in [9.17, 15) is 9.59 Å². The molecule has 0 saturated carbocycles. The maximum atomic E-state index is 12.7. The molecular weight excluding hydrogens is 290 g/mol. The Kier molecular flexibility index (Phi) is 4.17. The molecule has 0 spiro atoms. The van der Waals surface area contributed by atoms with Crippen LogP contribution in [-0.2, 0) is 25.5 Å². The van der Waals surface area contributed by atoms with Crippen LogP contribution in [0.4, 0.5) is 0 Å². The quantitative estimate of drug-likeness (QED) is 0.766. The SMILES string of the molecule is COC(=O)C1COCCN1C(=O)C1Cc2ccccc2S1. The van der Waals surface area contributed by atoms with Crippen LogP contribution < -0.4 is 0 Å². The highest BCUT2D eigenvalue weighted by atomic mass is 32.2. The highest BCUT2D eigenvalue weighted by molar-refractivity contribution is 8.01. The molecule has 1 aromatic carbocycles. The maximum absolute atomic E-state index is 12.7. The zero-order chi connectivity index (χ0) is 14.8. The molecule has 0 bridgehead atoms. The van der Waals surface area contributed by atoms with Crippen LogP contribution in [0.15, 0.2) is 29.2 Å².